The van der Waals surface area contributed by atoms with E-state index in [1.165, 1.54) is 52.7 Å². The molecule has 14 nitrogen and oxygen atoms in total. The first-order valence-electron chi connectivity index (χ1n) is 17.8. The van der Waals surface area contributed by atoms with Gasteiger partial charge in [-0.1, -0.05) is 77.5 Å². The molecule has 0 aliphatic rings. The van der Waals surface area contributed by atoms with Crippen LogP contribution >= 0.6 is 23.2 Å². The van der Waals surface area contributed by atoms with E-state index in [2.05, 4.69) is 30.6 Å². The minimum atomic E-state index is -3.67. The van der Waals surface area contributed by atoms with Crippen molar-refractivity contribution in [3.05, 3.63) is 161 Å². The average molecular weight is 1010 g/mol. The van der Waals surface area contributed by atoms with E-state index in [9.17, 15) is 26.7 Å². The number of aromatic nitrogens is 8. The standard InChI is InChI=1S/C21H19ClN4O3S.C20H15ClN4O3S.CH4.CH3.BrH.Mg/c1-21(2,27)15-6-9-17(10-7-15)30(28,29)13-14-5-8-16(22)12-19(14)26-18-4-3-11-23-20(18)24-25-26;1-13(26)14-5-8-17(9-6-14)29(27,28)12-15-4-7-16(21)11-19(15)25-18-3-2-10-22-20(18)23-24-25;;;;/h3-12,27H,13H2,1-2H3;2-11H,12H2,1H3;1H4;1H3;1H;/q;;;-1;;+2/p-1. The van der Waals surface area contributed by atoms with Crippen LogP contribution in [0.3, 0.4) is 0 Å². The summed E-state index contributed by atoms with van der Waals surface area (Å²) in [5.41, 5.74) is 4.30. The van der Waals surface area contributed by atoms with E-state index in [-0.39, 0.29) is 82.0 Å². The monoisotopic (exact) mass is 1000 g/mol. The van der Waals surface area contributed by atoms with Crippen LogP contribution in [0.25, 0.3) is 33.7 Å². The minimum absolute atomic E-state index is 0. The summed E-state index contributed by atoms with van der Waals surface area (Å²) < 4.78 is 55.2. The van der Waals surface area contributed by atoms with Crippen LogP contribution in [0.15, 0.2) is 131 Å². The number of ketones is 1. The van der Waals surface area contributed by atoms with Crippen molar-refractivity contribution in [2.45, 2.75) is 55.1 Å². The van der Waals surface area contributed by atoms with Gasteiger partial charge < -0.3 is 29.5 Å². The maximum atomic E-state index is 13.1. The Labute approximate surface area is 402 Å². The summed E-state index contributed by atoms with van der Waals surface area (Å²) in [5, 5.41) is 27.3. The predicted octanol–water partition coefficient (Wildman–Crippen LogP) is 5.03. The summed E-state index contributed by atoms with van der Waals surface area (Å²) in [6, 6.07) is 29.2. The number of pyridine rings is 2. The molecule has 20 heteroatoms. The number of aliphatic hydroxyl groups is 1. The van der Waals surface area contributed by atoms with Crippen LogP contribution in [-0.2, 0) is 36.8 Å². The fourth-order valence-electron chi connectivity index (χ4n) is 6.14. The van der Waals surface area contributed by atoms with Crippen LogP contribution in [0.1, 0.15) is 55.2 Å². The second kappa shape index (κ2) is 21.3. The molecule has 63 heavy (non-hydrogen) atoms. The predicted molar refractivity (Wildman–Crippen MR) is 242 cm³/mol. The number of halogens is 3. The van der Waals surface area contributed by atoms with E-state index in [0.717, 1.165) is 0 Å². The van der Waals surface area contributed by atoms with Crippen LogP contribution in [0.4, 0.5) is 0 Å². The van der Waals surface area contributed by atoms with Gasteiger partial charge in [-0.15, -0.1) is 10.2 Å². The molecule has 0 amide bonds. The van der Waals surface area contributed by atoms with E-state index in [1.54, 1.807) is 99.0 Å². The number of carbonyl (C=O) groups is 1. The van der Waals surface area contributed by atoms with E-state index in [0.29, 0.717) is 66.0 Å². The van der Waals surface area contributed by atoms with Crippen LogP contribution in [0, 0.1) is 7.43 Å². The van der Waals surface area contributed by atoms with Gasteiger partial charge >= 0.3 is 23.1 Å². The molecule has 0 saturated heterocycles. The van der Waals surface area contributed by atoms with Crippen molar-refractivity contribution in [3.8, 4) is 11.4 Å². The number of hydrogen-bond acceptors (Lipinski definition) is 12. The molecular weight excluding hydrogens is 964 g/mol. The van der Waals surface area contributed by atoms with Crippen LogP contribution in [0.2, 0.25) is 10.0 Å². The van der Waals surface area contributed by atoms with Gasteiger partial charge in [-0.25, -0.2) is 36.2 Å². The Morgan fingerprint density at radius 1 is 0.667 bits per heavy atom. The number of fused-ring (bicyclic) bond motifs is 2. The van der Waals surface area contributed by atoms with Crippen molar-refractivity contribution < 1.29 is 43.7 Å². The molecule has 4 aromatic carbocycles. The second-order valence-electron chi connectivity index (χ2n) is 13.9. The number of sulfone groups is 2. The minimum Gasteiger partial charge on any atom is -1.00 e. The maximum absolute atomic E-state index is 13.1. The Hall–Kier alpha value is -4.66. The molecule has 4 heterocycles. The van der Waals surface area contributed by atoms with Gasteiger partial charge in [0.1, 0.15) is 11.0 Å². The van der Waals surface area contributed by atoms with Gasteiger partial charge in [0.05, 0.1) is 38.3 Å². The number of hydrogen-bond donors (Lipinski definition) is 1. The fraction of sp³-hybridized carbons (Fsp3) is 0.163. The zero-order valence-corrected chi connectivity index (χ0v) is 39.8. The molecule has 0 bridgehead atoms. The quantitative estimate of drug-likeness (QED) is 0.109. The van der Waals surface area contributed by atoms with Crippen LogP contribution in [0.5, 0.6) is 0 Å². The third-order valence-corrected chi connectivity index (χ3v) is 13.1. The van der Waals surface area contributed by atoms with Crippen molar-refractivity contribution >= 4 is 94.0 Å². The molecule has 0 saturated carbocycles. The van der Waals surface area contributed by atoms with Gasteiger partial charge in [0.25, 0.3) is 0 Å². The number of benzene rings is 4. The zero-order valence-electron chi connectivity index (χ0n) is 33.7. The van der Waals surface area contributed by atoms with Crippen LogP contribution in [-0.4, -0.2) is 90.7 Å². The van der Waals surface area contributed by atoms with Gasteiger partial charge in [0.15, 0.2) is 25.5 Å². The van der Waals surface area contributed by atoms with Crippen LogP contribution < -0.4 is 17.0 Å². The molecule has 0 aliphatic carbocycles. The zero-order chi connectivity index (χ0) is 42.1. The third kappa shape index (κ3) is 11.9. The normalized spacial score (nSPS) is 11.3. The molecule has 0 radical (unpaired) electrons. The molecule has 8 rings (SSSR count). The Morgan fingerprint density at radius 3 is 1.44 bits per heavy atom. The average Bonchev–Trinajstić information content (AvgIpc) is 3.84. The van der Waals surface area contributed by atoms with Gasteiger partial charge in [-0.2, -0.15) is 0 Å². The van der Waals surface area contributed by atoms with Crippen molar-refractivity contribution in [1.29, 1.82) is 0 Å². The second-order valence-corrected chi connectivity index (χ2v) is 18.8. The summed E-state index contributed by atoms with van der Waals surface area (Å²) in [5.74, 6) is -0.635. The molecule has 0 spiro atoms. The van der Waals surface area contributed by atoms with Crippen molar-refractivity contribution in [2.24, 2.45) is 0 Å². The molecule has 0 fully saturated rings. The van der Waals surface area contributed by atoms with Crippen molar-refractivity contribution in [1.82, 2.24) is 40.0 Å². The van der Waals surface area contributed by atoms with Crippen molar-refractivity contribution in [2.75, 3.05) is 0 Å². The molecule has 324 valence electrons. The first kappa shape index (κ1) is 52.7. The largest absolute Gasteiger partial charge is 2.00 e. The van der Waals surface area contributed by atoms with E-state index < -0.39 is 25.3 Å². The molecular formula is C43H41BrCl2MgN8O6S2. The third-order valence-electron chi connectivity index (χ3n) is 9.23. The molecule has 4 aromatic heterocycles. The molecule has 8 aromatic rings. The summed E-state index contributed by atoms with van der Waals surface area (Å²) in [6.45, 7) is 4.72. The number of nitrogens with zero attached hydrogens (tertiary/aromatic N) is 8. The molecule has 0 atom stereocenters. The first-order valence-corrected chi connectivity index (χ1v) is 21.9. The van der Waals surface area contributed by atoms with Gasteiger partial charge in [0, 0.05) is 28.0 Å². The van der Waals surface area contributed by atoms with Gasteiger partial charge in [0.2, 0.25) is 11.3 Å². The Balaban J connectivity index is 0.000000315. The number of carbonyl (C=O) groups excluding carboxylic acids is 1. The summed E-state index contributed by atoms with van der Waals surface area (Å²) in [4.78, 5) is 20.0. The van der Waals surface area contributed by atoms with E-state index >= 15 is 0 Å². The van der Waals surface area contributed by atoms with Gasteiger partial charge in [-0.05, 0) is 110 Å². The SMILES string of the molecule is C.CC(=O)c1ccc(S(=O)(=O)Cc2ccc(Cl)cc2-n2nnc3ncccc32)cc1.CC(C)(O)c1ccc(S(=O)(=O)Cc2ccc(Cl)cc2-n2nnc3ncccc32)cc1.[Br-].[CH3-].[Mg+2]. The summed E-state index contributed by atoms with van der Waals surface area (Å²) in [6.07, 6.45) is 3.22. The molecule has 0 unspecified atom stereocenters. The Morgan fingerprint density at radius 2 is 1.06 bits per heavy atom. The number of Topliss-reactive ketones (excluding diaryl/α,β-unsaturated/α-hetero) is 1. The van der Waals surface area contributed by atoms with E-state index in [4.69, 9.17) is 23.2 Å². The topological polar surface area (TPSA) is 193 Å². The van der Waals surface area contributed by atoms with E-state index in [1.807, 2.05) is 0 Å². The summed E-state index contributed by atoms with van der Waals surface area (Å²) in [7, 11) is -7.32. The van der Waals surface area contributed by atoms with Gasteiger partial charge in [-0.3, -0.25) is 4.79 Å². The fourth-order valence-corrected chi connectivity index (χ4v) is 9.22. The molecule has 0 aliphatic heterocycles. The number of rotatable bonds is 10. The summed E-state index contributed by atoms with van der Waals surface area (Å²) >= 11 is 12.3. The van der Waals surface area contributed by atoms with Crippen molar-refractivity contribution in [3.63, 3.8) is 0 Å². The maximum Gasteiger partial charge on any atom is 2.00 e. The Kier molecular flexibility index (Phi) is 17.8. The smallest absolute Gasteiger partial charge is 1.00 e. The first-order chi connectivity index (χ1) is 28.0. The Bertz CT molecular complexity index is 3090. The molecule has 1 N–H and O–H groups in total.